The highest BCUT2D eigenvalue weighted by Gasteiger charge is 2.24. The van der Waals surface area contributed by atoms with Crippen molar-refractivity contribution in [1.82, 2.24) is 19.7 Å². The Kier molecular flexibility index (Phi) is 14.4. The first-order valence-electron chi connectivity index (χ1n) is 15.9. The number of carboxylic acid groups (broad SMARTS) is 2. The average Bonchev–Trinajstić information content (AvgIpc) is 3.51. The van der Waals surface area contributed by atoms with E-state index < -0.39 is 24.1 Å². The van der Waals surface area contributed by atoms with Gasteiger partial charge in [-0.1, -0.05) is 6.92 Å². The number of benzene rings is 2. The fourth-order valence-corrected chi connectivity index (χ4v) is 5.58. The SMILES string of the molecule is CCc1cc(Nc2nccn3c(-c4ccc(OC)c(F)c4F)cnc23)ccc1C(=O)NCCCCC[N+](C)(CCCN)CC(=O)O.O=C[O-]. The number of amides is 1. The minimum absolute atomic E-state index is 0.0323. The number of aryl methyl sites for hydroxylation is 1. The normalized spacial score (nSPS) is 12.0. The number of fused-ring (bicyclic) bond motifs is 1. The number of hydrogen-bond donors (Lipinski definition) is 4. The van der Waals surface area contributed by atoms with Crippen LogP contribution in [0.25, 0.3) is 16.9 Å². The van der Waals surface area contributed by atoms with Gasteiger partial charge in [0.1, 0.15) is 0 Å². The van der Waals surface area contributed by atoms with E-state index in [9.17, 15) is 23.5 Å². The largest absolute Gasteiger partial charge is 0.554 e. The molecule has 0 saturated heterocycles. The van der Waals surface area contributed by atoms with Crippen molar-refractivity contribution < 1.29 is 42.6 Å². The Morgan fingerprint density at radius 1 is 1.10 bits per heavy atom. The number of nitrogens with one attached hydrogen (secondary N) is 2. The van der Waals surface area contributed by atoms with Crippen molar-refractivity contribution in [2.75, 3.05) is 52.2 Å². The minimum atomic E-state index is -1.08. The van der Waals surface area contributed by atoms with Gasteiger partial charge in [0.15, 0.2) is 29.6 Å². The lowest BCUT2D eigenvalue weighted by Crippen LogP contribution is -2.49. The van der Waals surface area contributed by atoms with E-state index in [-0.39, 0.29) is 23.8 Å². The van der Waals surface area contributed by atoms with Crippen molar-refractivity contribution >= 4 is 35.5 Å². The molecular weight excluding hydrogens is 640 g/mol. The Hall–Kier alpha value is -5.15. The zero-order valence-electron chi connectivity index (χ0n) is 27.9. The van der Waals surface area contributed by atoms with Crippen molar-refractivity contribution in [3.63, 3.8) is 0 Å². The molecule has 13 nitrogen and oxygen atoms in total. The van der Waals surface area contributed by atoms with Gasteiger partial charge in [0.2, 0.25) is 5.82 Å². The summed E-state index contributed by atoms with van der Waals surface area (Å²) in [5.41, 5.74) is 8.53. The molecule has 0 spiro atoms. The second-order valence-corrected chi connectivity index (χ2v) is 11.6. The maximum absolute atomic E-state index is 14.8. The van der Waals surface area contributed by atoms with Crippen molar-refractivity contribution in [2.45, 2.75) is 39.0 Å². The fourth-order valence-electron chi connectivity index (χ4n) is 5.58. The quantitative estimate of drug-likeness (QED) is 0.0733. The molecule has 0 fully saturated rings. The number of rotatable bonds is 17. The van der Waals surface area contributed by atoms with Gasteiger partial charge in [-0.3, -0.25) is 9.20 Å². The number of likely N-dealkylation sites (N-methyl/N-ethyl adjacent to an activating group) is 1. The molecule has 1 amide bonds. The first-order valence-corrected chi connectivity index (χ1v) is 15.9. The minimum Gasteiger partial charge on any atom is -0.554 e. The Morgan fingerprint density at radius 2 is 1.84 bits per heavy atom. The van der Waals surface area contributed by atoms with Crippen LogP contribution in [-0.2, 0) is 16.0 Å². The summed E-state index contributed by atoms with van der Waals surface area (Å²) in [6.45, 7) is 4.05. The molecule has 1 unspecified atom stereocenters. The number of ether oxygens (including phenoxy) is 1. The number of nitrogens with two attached hydrogens (primary N) is 1. The van der Waals surface area contributed by atoms with Crippen LogP contribution in [0.1, 0.15) is 48.5 Å². The fraction of sp³-hybridized carbons (Fsp3) is 0.382. The molecule has 49 heavy (non-hydrogen) atoms. The highest BCUT2D eigenvalue weighted by Crippen LogP contribution is 2.31. The van der Waals surface area contributed by atoms with Gasteiger partial charge < -0.3 is 40.6 Å². The smallest absolute Gasteiger partial charge is 0.359 e. The van der Waals surface area contributed by atoms with E-state index in [1.165, 1.54) is 31.6 Å². The Bertz CT molecular complexity index is 1730. The van der Waals surface area contributed by atoms with Gasteiger partial charge in [0.25, 0.3) is 5.91 Å². The van der Waals surface area contributed by atoms with E-state index in [1.54, 1.807) is 22.7 Å². The van der Waals surface area contributed by atoms with Crippen LogP contribution < -0.4 is 26.2 Å². The number of hydrogen-bond acceptors (Lipinski definition) is 9. The summed E-state index contributed by atoms with van der Waals surface area (Å²) in [7, 11) is 3.22. The molecule has 2 heterocycles. The highest BCUT2D eigenvalue weighted by molar-refractivity contribution is 5.96. The van der Waals surface area contributed by atoms with Gasteiger partial charge in [-0.15, -0.1) is 0 Å². The van der Waals surface area contributed by atoms with E-state index >= 15 is 0 Å². The Labute approximate surface area is 283 Å². The van der Waals surface area contributed by atoms with E-state index in [1.807, 2.05) is 20.0 Å². The maximum atomic E-state index is 14.8. The second-order valence-electron chi connectivity index (χ2n) is 11.6. The summed E-state index contributed by atoms with van der Waals surface area (Å²) in [6.07, 6.45) is 8.51. The van der Waals surface area contributed by atoms with Crippen molar-refractivity contribution in [3.8, 4) is 17.0 Å². The molecule has 0 saturated carbocycles. The third kappa shape index (κ3) is 10.2. The van der Waals surface area contributed by atoms with Crippen LogP contribution in [0, 0.1) is 11.6 Å². The van der Waals surface area contributed by atoms with Crippen LogP contribution in [0.2, 0.25) is 0 Å². The second kappa shape index (κ2) is 18.4. The zero-order valence-corrected chi connectivity index (χ0v) is 27.9. The lowest BCUT2D eigenvalue weighted by atomic mass is 10.0. The predicted octanol–water partition coefficient (Wildman–Crippen LogP) is 3.14. The topological polar surface area (TPSA) is 184 Å². The van der Waals surface area contributed by atoms with Crippen LogP contribution in [0.5, 0.6) is 5.75 Å². The molecule has 4 rings (SSSR count). The van der Waals surface area contributed by atoms with Gasteiger partial charge in [0.05, 0.1) is 39.1 Å². The van der Waals surface area contributed by atoms with Gasteiger partial charge >= 0.3 is 5.97 Å². The number of carboxylic acids is 1. The molecule has 0 aliphatic carbocycles. The Morgan fingerprint density at radius 3 is 2.51 bits per heavy atom. The molecule has 5 N–H and O–H groups in total. The van der Waals surface area contributed by atoms with Crippen LogP contribution in [0.3, 0.4) is 0 Å². The summed E-state index contributed by atoms with van der Waals surface area (Å²) < 4.78 is 36.2. The standard InChI is InChI=1S/C33H41F2N7O4.CH2O2/c1-4-22-19-23(9-10-24(22)33(45)38-14-6-5-7-17-42(2,18-8-13-36)21-28(43)44)40-31-32-39-20-26(41(32)16-15-37-31)25-11-12-27(46-3)30(35)29(25)34;2-1-3/h9-12,15-16,19-20H,4-8,13-14,17-18,21,36H2,1-3H3,(H2-,37,38,40,43,44,45);1H,(H,2,3). The number of methoxy groups -OCH3 is 1. The predicted molar refractivity (Wildman–Crippen MR) is 178 cm³/mol. The highest BCUT2D eigenvalue weighted by atomic mass is 19.2. The monoisotopic (exact) mass is 683 g/mol. The zero-order chi connectivity index (χ0) is 36.0. The number of quaternary nitrogens is 1. The number of unbranched alkanes of at least 4 members (excludes halogenated alkanes) is 2. The molecule has 264 valence electrons. The molecule has 4 aromatic rings. The molecule has 15 heteroatoms. The number of aliphatic carboxylic acids is 1. The molecule has 0 aliphatic heterocycles. The molecule has 2 aromatic carbocycles. The van der Waals surface area contributed by atoms with Crippen LogP contribution in [-0.4, -0.2) is 89.2 Å². The van der Waals surface area contributed by atoms with Crippen LogP contribution >= 0.6 is 0 Å². The third-order valence-corrected chi connectivity index (χ3v) is 8.04. The van der Waals surface area contributed by atoms with Gasteiger partial charge in [-0.05, 0) is 68.1 Å². The molecule has 2 aromatic heterocycles. The number of anilines is 2. The van der Waals surface area contributed by atoms with E-state index in [0.717, 1.165) is 44.3 Å². The van der Waals surface area contributed by atoms with Gasteiger partial charge in [-0.25, -0.2) is 19.2 Å². The Balaban J connectivity index is 0.00000209. The molecule has 1 atom stereocenters. The number of carbonyl (C=O) groups excluding carboxylic acids is 2. The van der Waals surface area contributed by atoms with E-state index in [2.05, 4.69) is 20.6 Å². The van der Waals surface area contributed by atoms with Crippen molar-refractivity contribution in [3.05, 3.63) is 71.7 Å². The molecule has 0 bridgehead atoms. The number of aromatic nitrogens is 3. The van der Waals surface area contributed by atoms with Gasteiger partial charge in [-0.2, -0.15) is 4.39 Å². The summed E-state index contributed by atoms with van der Waals surface area (Å²) in [5.74, 6) is -2.87. The number of carbonyl (C=O) groups is 3. The maximum Gasteiger partial charge on any atom is 0.359 e. The number of nitrogens with zero attached hydrogens (tertiary/aromatic N) is 4. The van der Waals surface area contributed by atoms with E-state index in [4.69, 9.17) is 20.4 Å². The number of imidazole rings is 1. The lowest BCUT2D eigenvalue weighted by Gasteiger charge is -2.33. The summed E-state index contributed by atoms with van der Waals surface area (Å²) in [4.78, 5) is 41.4. The molecule has 0 radical (unpaired) electrons. The molecule has 0 aliphatic rings. The summed E-state index contributed by atoms with van der Waals surface area (Å²) in [5, 5.41) is 23.8. The van der Waals surface area contributed by atoms with Crippen molar-refractivity contribution in [1.29, 1.82) is 0 Å². The summed E-state index contributed by atoms with van der Waals surface area (Å²) >= 11 is 0. The summed E-state index contributed by atoms with van der Waals surface area (Å²) in [6, 6.07) is 8.22. The van der Waals surface area contributed by atoms with Crippen LogP contribution in [0.4, 0.5) is 20.3 Å². The first-order chi connectivity index (χ1) is 23.5. The number of halogens is 2. The lowest BCUT2D eigenvalue weighted by molar-refractivity contribution is -0.902. The third-order valence-electron chi connectivity index (χ3n) is 8.04. The van der Waals surface area contributed by atoms with Crippen LogP contribution in [0.15, 0.2) is 48.9 Å². The van der Waals surface area contributed by atoms with Gasteiger partial charge in [0, 0.05) is 48.6 Å². The molecular formula is C34H43F2N7O6. The average molecular weight is 684 g/mol. The van der Waals surface area contributed by atoms with Crippen molar-refractivity contribution in [2.24, 2.45) is 5.73 Å². The van der Waals surface area contributed by atoms with E-state index in [0.29, 0.717) is 52.4 Å². The first kappa shape index (κ1) is 38.3.